The highest BCUT2D eigenvalue weighted by molar-refractivity contribution is 5.80. The minimum Gasteiger partial charge on any atom is -0.489 e. The molecule has 3 rings (SSSR count). The highest BCUT2D eigenvalue weighted by Gasteiger charge is 2.41. The van der Waals surface area contributed by atoms with E-state index in [1.165, 1.54) is 0 Å². The van der Waals surface area contributed by atoms with Crippen molar-refractivity contribution in [2.45, 2.75) is 44.3 Å². The van der Waals surface area contributed by atoms with Crippen LogP contribution < -0.4 is 4.74 Å². The largest absolute Gasteiger partial charge is 0.489 e. The third-order valence-corrected chi connectivity index (χ3v) is 4.33. The maximum Gasteiger partial charge on any atom is 0.141 e. The Morgan fingerprint density at radius 2 is 2.10 bits per heavy atom. The lowest BCUT2D eigenvalue weighted by atomic mass is 9.76. The number of aryl methyl sites for hydroxylation is 1. The van der Waals surface area contributed by atoms with Crippen LogP contribution in [0.4, 0.5) is 0 Å². The maximum absolute atomic E-state index is 10.1. The molecule has 1 unspecified atom stereocenters. The number of fused-ring (bicyclic) bond motifs is 1. The zero-order chi connectivity index (χ0) is 14.9. The van der Waals surface area contributed by atoms with Crippen LogP contribution in [0.5, 0.6) is 5.75 Å². The smallest absolute Gasteiger partial charge is 0.141 e. The molecule has 21 heavy (non-hydrogen) atoms. The molecular weight excluding hydrogens is 266 g/mol. The van der Waals surface area contributed by atoms with Gasteiger partial charge in [-0.15, -0.1) is 0 Å². The van der Waals surface area contributed by atoms with Gasteiger partial charge in [0.15, 0.2) is 0 Å². The van der Waals surface area contributed by atoms with Crippen LogP contribution in [0.2, 0.25) is 0 Å². The first kappa shape index (κ1) is 14.3. The number of nitrogens with zero attached hydrogens (tertiary/aromatic N) is 1. The maximum atomic E-state index is 10.1. The second-order valence-electron chi connectivity index (χ2n) is 5.76. The number of aliphatic hydroxyl groups excluding tert-OH is 1. The normalized spacial score (nSPS) is 18.2. The van der Waals surface area contributed by atoms with Crippen LogP contribution in [0.15, 0.2) is 30.3 Å². The Morgan fingerprint density at radius 3 is 2.76 bits per heavy atom. The average Bonchev–Trinajstić information content (AvgIpc) is 2.49. The highest BCUT2D eigenvalue weighted by Crippen LogP contribution is 2.35. The Balaban J connectivity index is 1.79. The highest BCUT2D eigenvalue weighted by atomic mass is 16.5. The molecule has 4 nitrogen and oxygen atoms in total. The lowest BCUT2D eigenvalue weighted by Gasteiger charge is -2.40. The molecule has 0 amide bonds. The van der Waals surface area contributed by atoms with Crippen molar-refractivity contribution in [2.75, 3.05) is 6.61 Å². The van der Waals surface area contributed by atoms with Crippen molar-refractivity contribution in [1.29, 1.82) is 0 Å². The van der Waals surface area contributed by atoms with E-state index in [1.807, 2.05) is 37.3 Å². The summed E-state index contributed by atoms with van der Waals surface area (Å²) < 4.78 is 5.75. The fourth-order valence-electron chi connectivity index (χ4n) is 2.71. The van der Waals surface area contributed by atoms with Crippen LogP contribution in [0.1, 0.15) is 31.9 Å². The third-order valence-electron chi connectivity index (χ3n) is 4.33. The molecular formula is C17H21NO3. The van der Waals surface area contributed by atoms with Gasteiger partial charge in [0.1, 0.15) is 18.5 Å². The van der Waals surface area contributed by atoms with Crippen molar-refractivity contribution in [2.24, 2.45) is 0 Å². The molecule has 2 N–H and O–H groups in total. The average molecular weight is 287 g/mol. The van der Waals surface area contributed by atoms with E-state index in [0.29, 0.717) is 18.6 Å². The fourth-order valence-corrected chi connectivity index (χ4v) is 2.71. The summed E-state index contributed by atoms with van der Waals surface area (Å²) in [5, 5.41) is 21.2. The summed E-state index contributed by atoms with van der Waals surface area (Å²) in [4.78, 5) is 4.60. The molecule has 1 aromatic heterocycles. The van der Waals surface area contributed by atoms with Crippen molar-refractivity contribution in [3.63, 3.8) is 0 Å². The van der Waals surface area contributed by atoms with Crippen molar-refractivity contribution in [3.05, 3.63) is 36.0 Å². The van der Waals surface area contributed by atoms with Gasteiger partial charge in [0.25, 0.3) is 0 Å². The van der Waals surface area contributed by atoms with E-state index < -0.39 is 11.7 Å². The summed E-state index contributed by atoms with van der Waals surface area (Å²) >= 11 is 0. The Hall–Kier alpha value is -1.65. The van der Waals surface area contributed by atoms with Gasteiger partial charge in [0.05, 0.1) is 16.8 Å². The summed E-state index contributed by atoms with van der Waals surface area (Å²) in [5.74, 6) is 0.693. The summed E-state index contributed by atoms with van der Waals surface area (Å²) in [5.41, 5.74) is 0.859. The zero-order valence-electron chi connectivity index (χ0n) is 12.2. The van der Waals surface area contributed by atoms with Crippen LogP contribution in [0.3, 0.4) is 0 Å². The summed E-state index contributed by atoms with van der Waals surface area (Å²) in [7, 11) is 0. The van der Waals surface area contributed by atoms with Crippen molar-refractivity contribution in [1.82, 2.24) is 4.98 Å². The molecule has 1 aliphatic rings. The molecule has 112 valence electrons. The Bertz CT molecular complexity index is 637. The zero-order valence-corrected chi connectivity index (χ0v) is 12.2. The molecule has 1 saturated carbocycles. The first-order valence-corrected chi connectivity index (χ1v) is 7.54. The number of rotatable bonds is 5. The van der Waals surface area contributed by atoms with E-state index in [-0.39, 0.29) is 6.61 Å². The van der Waals surface area contributed by atoms with Crippen molar-refractivity contribution < 1.29 is 14.9 Å². The first-order valence-electron chi connectivity index (χ1n) is 7.54. The van der Waals surface area contributed by atoms with Gasteiger partial charge in [0.2, 0.25) is 0 Å². The molecule has 0 saturated heterocycles. The van der Waals surface area contributed by atoms with Gasteiger partial charge in [0, 0.05) is 5.39 Å². The number of aromatic nitrogens is 1. The lowest BCUT2D eigenvalue weighted by Crippen LogP contribution is -2.50. The molecule has 1 fully saturated rings. The van der Waals surface area contributed by atoms with Gasteiger partial charge >= 0.3 is 0 Å². The first-order chi connectivity index (χ1) is 10.1. The van der Waals surface area contributed by atoms with E-state index >= 15 is 0 Å². The molecule has 0 spiro atoms. The topological polar surface area (TPSA) is 62.6 Å². The molecule has 1 aromatic carbocycles. The Kier molecular flexibility index (Phi) is 3.83. The third kappa shape index (κ3) is 2.74. The number of para-hydroxylation sites is 1. The lowest BCUT2D eigenvalue weighted by molar-refractivity contribution is -0.136. The number of hydrogen-bond donors (Lipinski definition) is 2. The summed E-state index contributed by atoms with van der Waals surface area (Å²) in [6.07, 6.45) is 2.18. The Labute approximate surface area is 124 Å². The van der Waals surface area contributed by atoms with E-state index in [1.54, 1.807) is 0 Å². The predicted octanol–water partition coefficient (Wildman–Crippen LogP) is 2.45. The van der Waals surface area contributed by atoms with Gasteiger partial charge in [-0.1, -0.05) is 25.1 Å². The van der Waals surface area contributed by atoms with Crippen LogP contribution in [0.25, 0.3) is 10.9 Å². The molecule has 4 heteroatoms. The summed E-state index contributed by atoms with van der Waals surface area (Å²) in [6.45, 7) is 2.13. The van der Waals surface area contributed by atoms with Crippen molar-refractivity contribution in [3.8, 4) is 5.75 Å². The van der Waals surface area contributed by atoms with Crippen LogP contribution in [-0.4, -0.2) is 33.5 Å². The van der Waals surface area contributed by atoms with Gasteiger partial charge < -0.3 is 14.9 Å². The van der Waals surface area contributed by atoms with E-state index in [9.17, 15) is 10.2 Å². The second kappa shape index (κ2) is 5.62. The molecule has 1 atom stereocenters. The second-order valence-corrected chi connectivity index (χ2v) is 5.76. The molecule has 0 aliphatic heterocycles. The van der Waals surface area contributed by atoms with Gasteiger partial charge in [-0.2, -0.15) is 0 Å². The van der Waals surface area contributed by atoms with Crippen LogP contribution >= 0.6 is 0 Å². The standard InChI is InChI=1S/C17H21NO3/c1-2-13-15(10-12-6-3-4-7-14(12)18-13)21-11-16(19)17(20)8-5-9-17/h3-4,6-7,10,16,19-20H,2,5,8-9,11H2,1H3. The number of ether oxygens (including phenoxy) is 1. The van der Waals surface area contributed by atoms with Gasteiger partial charge in [-0.3, -0.25) is 0 Å². The molecule has 1 aliphatic carbocycles. The number of aliphatic hydroxyl groups is 2. The SMILES string of the molecule is CCc1nc2ccccc2cc1OCC(O)C1(O)CCC1. The molecule has 0 radical (unpaired) electrons. The van der Waals surface area contributed by atoms with E-state index in [2.05, 4.69) is 4.98 Å². The Morgan fingerprint density at radius 1 is 1.33 bits per heavy atom. The monoisotopic (exact) mass is 287 g/mol. The van der Waals surface area contributed by atoms with Gasteiger partial charge in [-0.25, -0.2) is 4.98 Å². The number of hydrogen-bond acceptors (Lipinski definition) is 4. The van der Waals surface area contributed by atoms with E-state index in [4.69, 9.17) is 4.74 Å². The number of benzene rings is 1. The minimum absolute atomic E-state index is 0.101. The molecule has 1 heterocycles. The fraction of sp³-hybridized carbons (Fsp3) is 0.471. The number of pyridine rings is 1. The predicted molar refractivity (Wildman–Crippen MR) is 81.4 cm³/mol. The summed E-state index contributed by atoms with van der Waals surface area (Å²) in [6, 6.07) is 9.85. The van der Waals surface area contributed by atoms with Crippen LogP contribution in [-0.2, 0) is 6.42 Å². The van der Waals surface area contributed by atoms with Crippen molar-refractivity contribution >= 4 is 10.9 Å². The van der Waals surface area contributed by atoms with Crippen LogP contribution in [0, 0.1) is 0 Å². The molecule has 2 aromatic rings. The molecule has 0 bridgehead atoms. The van der Waals surface area contributed by atoms with E-state index in [0.717, 1.165) is 29.4 Å². The minimum atomic E-state index is -0.962. The van der Waals surface area contributed by atoms with Gasteiger partial charge in [-0.05, 0) is 37.8 Å². The quantitative estimate of drug-likeness (QED) is 0.886.